The van der Waals surface area contributed by atoms with Gasteiger partial charge in [-0.05, 0) is 24.3 Å². The lowest BCUT2D eigenvalue weighted by Crippen LogP contribution is -2.01. The van der Waals surface area contributed by atoms with Crippen LogP contribution in [0, 0.1) is 0 Å². The molecule has 50 heavy (non-hydrogen) atoms. The first-order valence-electron chi connectivity index (χ1n) is 16.7. The lowest BCUT2D eigenvalue weighted by molar-refractivity contribution is 1.07. The zero-order valence-corrected chi connectivity index (χ0v) is 27.7. The highest BCUT2D eigenvalue weighted by Gasteiger charge is 2.19. The standard InChI is InChI=1S/C45H28N4S/c1-3-14-29(15-4-1)43-46-44(30-16-5-2-6-17-30)48-45(47-43)31-26-27-34-32-18-7-10-23-38(32)49(40(34)28-31)39-24-11-8-19-33(39)36-21-13-22-37-35-20-9-12-25-41(35)50-42(36)37/h1-28H. The summed E-state index contributed by atoms with van der Waals surface area (Å²) < 4.78 is 5.01. The highest BCUT2D eigenvalue weighted by atomic mass is 32.1. The largest absolute Gasteiger partial charge is 0.309 e. The lowest BCUT2D eigenvalue weighted by atomic mass is 10.0. The molecule has 0 aliphatic heterocycles. The summed E-state index contributed by atoms with van der Waals surface area (Å²) in [7, 11) is 0. The van der Waals surface area contributed by atoms with E-state index in [-0.39, 0.29) is 0 Å². The molecule has 0 spiro atoms. The fraction of sp³-hybridized carbons (Fsp3) is 0. The first-order valence-corrected chi connectivity index (χ1v) is 17.5. The van der Waals surface area contributed by atoms with E-state index in [0.717, 1.165) is 33.4 Å². The van der Waals surface area contributed by atoms with E-state index in [9.17, 15) is 0 Å². The van der Waals surface area contributed by atoms with Gasteiger partial charge in [-0.2, -0.15) is 0 Å². The Morgan fingerprint density at radius 2 is 0.940 bits per heavy atom. The van der Waals surface area contributed by atoms with E-state index in [1.54, 1.807) is 0 Å². The van der Waals surface area contributed by atoms with Crippen molar-refractivity contribution in [3.8, 4) is 51.0 Å². The van der Waals surface area contributed by atoms with Crippen molar-refractivity contribution in [3.05, 3.63) is 170 Å². The summed E-state index contributed by atoms with van der Waals surface area (Å²) in [6, 6.07) is 59.7. The number of hydrogen-bond donors (Lipinski definition) is 0. The summed E-state index contributed by atoms with van der Waals surface area (Å²) in [4.78, 5) is 15.0. The van der Waals surface area contributed by atoms with Crippen molar-refractivity contribution >= 4 is 53.3 Å². The molecular weight excluding hydrogens is 629 g/mol. The number of hydrogen-bond acceptors (Lipinski definition) is 4. The summed E-state index contributed by atoms with van der Waals surface area (Å²) in [5.41, 5.74) is 8.65. The smallest absolute Gasteiger partial charge is 0.164 e. The molecule has 0 saturated heterocycles. The molecule has 10 rings (SSSR count). The molecule has 5 heteroatoms. The van der Waals surface area contributed by atoms with Crippen LogP contribution in [0.4, 0.5) is 0 Å². The normalized spacial score (nSPS) is 11.6. The Bertz CT molecular complexity index is 2810. The van der Waals surface area contributed by atoms with E-state index in [1.165, 1.54) is 42.1 Å². The van der Waals surface area contributed by atoms with Gasteiger partial charge in [-0.1, -0.05) is 146 Å². The maximum absolute atomic E-state index is 5.05. The second-order valence-corrected chi connectivity index (χ2v) is 13.5. The van der Waals surface area contributed by atoms with Gasteiger partial charge in [0.15, 0.2) is 17.5 Å². The third kappa shape index (κ3) is 4.63. The molecule has 0 radical (unpaired) electrons. The van der Waals surface area contributed by atoms with Crippen molar-refractivity contribution in [2.75, 3.05) is 0 Å². The Morgan fingerprint density at radius 1 is 0.380 bits per heavy atom. The predicted molar refractivity (Wildman–Crippen MR) is 209 cm³/mol. The van der Waals surface area contributed by atoms with Gasteiger partial charge in [0.1, 0.15) is 0 Å². The Labute approximate surface area is 292 Å². The van der Waals surface area contributed by atoms with E-state index in [1.807, 2.05) is 72.0 Å². The second-order valence-electron chi connectivity index (χ2n) is 12.4. The molecule has 0 bridgehead atoms. The maximum atomic E-state index is 5.05. The lowest BCUT2D eigenvalue weighted by Gasteiger charge is -2.15. The van der Waals surface area contributed by atoms with Gasteiger partial charge in [-0.15, -0.1) is 11.3 Å². The topological polar surface area (TPSA) is 43.6 Å². The molecule has 0 atom stereocenters. The molecule has 0 aliphatic carbocycles. The van der Waals surface area contributed by atoms with Crippen molar-refractivity contribution in [1.82, 2.24) is 19.5 Å². The fourth-order valence-corrected chi connectivity index (χ4v) is 8.39. The summed E-state index contributed by atoms with van der Waals surface area (Å²) in [5.74, 6) is 1.94. The Balaban J connectivity index is 1.22. The highest BCUT2D eigenvalue weighted by molar-refractivity contribution is 7.26. The number of nitrogens with zero attached hydrogens (tertiary/aromatic N) is 4. The van der Waals surface area contributed by atoms with Crippen LogP contribution in [0.15, 0.2) is 170 Å². The zero-order chi connectivity index (χ0) is 33.0. The number of fused-ring (bicyclic) bond motifs is 6. The molecule has 3 aromatic heterocycles. The minimum Gasteiger partial charge on any atom is -0.309 e. The Hall–Kier alpha value is -6.43. The highest BCUT2D eigenvalue weighted by Crippen LogP contribution is 2.43. The quantitative estimate of drug-likeness (QED) is 0.185. The van der Waals surface area contributed by atoms with Crippen molar-refractivity contribution in [2.24, 2.45) is 0 Å². The molecule has 7 aromatic carbocycles. The van der Waals surface area contributed by atoms with Gasteiger partial charge in [0.2, 0.25) is 0 Å². The first kappa shape index (κ1) is 28.6. The number of rotatable bonds is 5. The van der Waals surface area contributed by atoms with Gasteiger partial charge < -0.3 is 4.57 Å². The van der Waals surface area contributed by atoms with Gasteiger partial charge in [-0.3, -0.25) is 0 Å². The molecule has 234 valence electrons. The van der Waals surface area contributed by atoms with Crippen LogP contribution in [-0.2, 0) is 0 Å². The number of aromatic nitrogens is 4. The van der Waals surface area contributed by atoms with Gasteiger partial charge in [0, 0.05) is 58.8 Å². The van der Waals surface area contributed by atoms with E-state index in [2.05, 4.69) is 114 Å². The average molecular weight is 657 g/mol. The van der Waals surface area contributed by atoms with Crippen LogP contribution in [0.5, 0.6) is 0 Å². The molecule has 0 saturated carbocycles. The Kier molecular flexibility index (Phi) is 6.64. The van der Waals surface area contributed by atoms with Gasteiger partial charge in [-0.25, -0.2) is 15.0 Å². The third-order valence-corrected chi connectivity index (χ3v) is 10.7. The first-order chi connectivity index (χ1) is 24.8. The SMILES string of the molecule is c1ccc(-c2nc(-c3ccccc3)nc(-c3ccc4c5ccccc5n(-c5ccccc5-c5cccc6c5sc5ccccc56)c4c3)n2)cc1. The van der Waals surface area contributed by atoms with Crippen LogP contribution in [0.3, 0.4) is 0 Å². The van der Waals surface area contributed by atoms with Crippen LogP contribution in [0.2, 0.25) is 0 Å². The van der Waals surface area contributed by atoms with Crippen LogP contribution < -0.4 is 0 Å². The van der Waals surface area contributed by atoms with E-state index < -0.39 is 0 Å². The third-order valence-electron chi connectivity index (χ3n) is 9.47. The summed E-state index contributed by atoms with van der Waals surface area (Å²) in [6.07, 6.45) is 0. The summed E-state index contributed by atoms with van der Waals surface area (Å²) in [6.45, 7) is 0. The maximum Gasteiger partial charge on any atom is 0.164 e. The summed E-state index contributed by atoms with van der Waals surface area (Å²) in [5, 5.41) is 4.98. The number of para-hydroxylation sites is 2. The number of thiophene rings is 1. The minimum atomic E-state index is 0.639. The van der Waals surface area contributed by atoms with Crippen LogP contribution in [-0.4, -0.2) is 19.5 Å². The molecule has 0 aliphatic rings. The van der Waals surface area contributed by atoms with Crippen LogP contribution in [0.1, 0.15) is 0 Å². The monoisotopic (exact) mass is 656 g/mol. The predicted octanol–water partition coefficient (Wildman–Crippen LogP) is 12.0. The fourth-order valence-electron chi connectivity index (χ4n) is 7.16. The molecule has 0 unspecified atom stereocenters. The molecule has 10 aromatic rings. The van der Waals surface area contributed by atoms with Gasteiger partial charge in [0.25, 0.3) is 0 Å². The van der Waals surface area contributed by atoms with Crippen molar-refractivity contribution in [3.63, 3.8) is 0 Å². The molecular formula is C45H28N4S. The van der Waals surface area contributed by atoms with Crippen molar-refractivity contribution in [1.29, 1.82) is 0 Å². The molecule has 0 amide bonds. The van der Waals surface area contributed by atoms with E-state index in [0.29, 0.717) is 17.5 Å². The van der Waals surface area contributed by atoms with E-state index >= 15 is 0 Å². The zero-order valence-electron chi connectivity index (χ0n) is 26.9. The molecule has 4 nitrogen and oxygen atoms in total. The van der Waals surface area contributed by atoms with Crippen LogP contribution in [0.25, 0.3) is 93.0 Å². The van der Waals surface area contributed by atoms with Gasteiger partial charge in [0.05, 0.1) is 16.7 Å². The van der Waals surface area contributed by atoms with Crippen molar-refractivity contribution in [2.45, 2.75) is 0 Å². The Morgan fingerprint density at radius 3 is 1.70 bits per heavy atom. The average Bonchev–Trinajstić information content (AvgIpc) is 3.74. The molecule has 0 N–H and O–H groups in total. The minimum absolute atomic E-state index is 0.639. The molecule has 0 fully saturated rings. The van der Waals surface area contributed by atoms with Crippen molar-refractivity contribution < 1.29 is 0 Å². The number of benzene rings is 7. The van der Waals surface area contributed by atoms with Crippen LogP contribution >= 0.6 is 11.3 Å². The van der Waals surface area contributed by atoms with Gasteiger partial charge >= 0.3 is 0 Å². The summed E-state index contributed by atoms with van der Waals surface area (Å²) >= 11 is 1.86. The second kappa shape index (κ2) is 11.6. The van der Waals surface area contributed by atoms with E-state index in [4.69, 9.17) is 15.0 Å². The molecule has 3 heterocycles.